The zero-order valence-electron chi connectivity index (χ0n) is 49.4. The summed E-state index contributed by atoms with van der Waals surface area (Å²) in [6.45, 7) is 9.63. The Bertz CT molecular complexity index is 2980. The molecule has 0 spiro atoms. The molecule has 4 aliphatic rings. The molecule has 1 aromatic rings. The molecule has 1 aliphatic carbocycles. The number of ether oxygens (including phenoxy) is 18. The monoisotopic (exact) mass is 1260 g/mol. The molecule has 0 aromatic heterocycles. The number of fused-ring (bicyclic) bond motifs is 1. The average molecular weight is 1260 g/mol. The third-order valence-corrected chi connectivity index (χ3v) is 12.5. The van der Waals surface area contributed by atoms with Crippen molar-refractivity contribution in [3.63, 3.8) is 0 Å². The van der Waals surface area contributed by atoms with Gasteiger partial charge in [-0.25, -0.2) is 0 Å². The molecule has 484 valence electrons. The second kappa shape index (κ2) is 30.0. The fourth-order valence-corrected chi connectivity index (χ4v) is 9.49. The Hall–Kier alpha value is -9.18. The lowest BCUT2D eigenvalue weighted by atomic mass is 9.85. The van der Waals surface area contributed by atoms with Crippen LogP contribution in [0.25, 0.3) is 0 Å². The van der Waals surface area contributed by atoms with Crippen LogP contribution in [0.15, 0.2) is 11.3 Å². The van der Waals surface area contributed by atoms with E-state index < -0.39 is 247 Å². The van der Waals surface area contributed by atoms with E-state index in [1.54, 1.807) is 0 Å². The van der Waals surface area contributed by atoms with Crippen LogP contribution in [-0.4, -0.2) is 205 Å². The molecule has 3 fully saturated rings. The van der Waals surface area contributed by atoms with Gasteiger partial charge in [0.15, 0.2) is 59.7 Å². The summed E-state index contributed by atoms with van der Waals surface area (Å²) in [5.41, 5.74) is -3.12. The van der Waals surface area contributed by atoms with E-state index in [0.29, 0.717) is 0 Å². The van der Waals surface area contributed by atoms with Crippen LogP contribution in [0.5, 0.6) is 23.0 Å². The number of ketones is 2. The first-order valence-corrected chi connectivity index (χ1v) is 26.5. The molecule has 15 atom stereocenters. The molecule has 1 aromatic carbocycles. The molecule has 3 saturated heterocycles. The van der Waals surface area contributed by atoms with Crippen molar-refractivity contribution in [2.75, 3.05) is 19.8 Å². The van der Waals surface area contributed by atoms with Gasteiger partial charge in [-0.1, -0.05) is 6.92 Å². The van der Waals surface area contributed by atoms with Crippen LogP contribution in [0.1, 0.15) is 117 Å². The van der Waals surface area contributed by atoms with Gasteiger partial charge in [0.2, 0.25) is 54.5 Å². The number of rotatable bonds is 22. The molecule has 34 nitrogen and oxygen atoms in total. The molecule has 0 bridgehead atoms. The summed E-state index contributed by atoms with van der Waals surface area (Å²) in [4.78, 5) is 182. The van der Waals surface area contributed by atoms with Crippen molar-refractivity contribution in [3.8, 4) is 23.0 Å². The van der Waals surface area contributed by atoms with Crippen molar-refractivity contribution < 1.29 is 163 Å². The number of phenols is 2. The number of allylic oxidation sites excluding steroid dienone is 2. The Labute approximate surface area is 498 Å². The van der Waals surface area contributed by atoms with Gasteiger partial charge < -0.3 is 95.5 Å². The first-order valence-electron chi connectivity index (χ1n) is 26.5. The Morgan fingerprint density at radius 1 is 0.341 bits per heavy atom. The van der Waals surface area contributed by atoms with Gasteiger partial charge in [0.05, 0.1) is 11.1 Å². The molecule has 5 rings (SSSR count). The molecule has 0 unspecified atom stereocenters. The molecule has 34 heteroatoms. The molecule has 2 N–H and O–H groups in total. The first kappa shape index (κ1) is 69.6. The fourth-order valence-electron chi connectivity index (χ4n) is 9.49. The van der Waals surface area contributed by atoms with Gasteiger partial charge in [-0.15, -0.1) is 0 Å². The molecule has 0 saturated carbocycles. The van der Waals surface area contributed by atoms with Crippen LogP contribution in [0.3, 0.4) is 0 Å². The minimum Gasteiger partial charge on any atom is -0.504 e. The maximum absolute atomic E-state index is 15.4. The van der Waals surface area contributed by atoms with Crippen LogP contribution in [0, 0.1) is 0 Å². The number of benzene rings is 1. The van der Waals surface area contributed by atoms with E-state index in [2.05, 4.69) is 0 Å². The van der Waals surface area contributed by atoms with E-state index in [4.69, 9.17) is 85.3 Å². The molecule has 3 aliphatic heterocycles. The van der Waals surface area contributed by atoms with Gasteiger partial charge in [0.1, 0.15) is 38.1 Å². The number of hydrogen-bond acceptors (Lipinski definition) is 34. The highest BCUT2D eigenvalue weighted by atomic mass is 16.8. The third-order valence-electron chi connectivity index (χ3n) is 12.5. The highest BCUT2D eigenvalue weighted by Gasteiger charge is 2.58. The van der Waals surface area contributed by atoms with Crippen LogP contribution in [0.4, 0.5) is 0 Å². The summed E-state index contributed by atoms with van der Waals surface area (Å²) in [5, 5.41) is 25.4. The predicted molar refractivity (Wildman–Crippen MR) is 274 cm³/mol. The normalized spacial score (nSPS) is 27.3. The summed E-state index contributed by atoms with van der Waals surface area (Å²) in [6.07, 6.45) is -30.7. The van der Waals surface area contributed by atoms with Crippen molar-refractivity contribution >= 4 is 83.2 Å². The Morgan fingerprint density at radius 3 is 0.830 bits per heavy atom. The number of esters is 12. The van der Waals surface area contributed by atoms with Gasteiger partial charge in [-0.2, -0.15) is 0 Å². The number of carbonyl (C=O) groups excluding carboxylic acids is 14. The van der Waals surface area contributed by atoms with Gasteiger partial charge in [-0.05, 0) is 6.42 Å². The lowest BCUT2D eigenvalue weighted by molar-refractivity contribution is -0.299. The van der Waals surface area contributed by atoms with Gasteiger partial charge in [0.25, 0.3) is 0 Å². The average Bonchev–Trinajstić information content (AvgIpc) is 1.11. The van der Waals surface area contributed by atoms with Crippen molar-refractivity contribution in [1.82, 2.24) is 0 Å². The minimum absolute atomic E-state index is 0.538. The standard InChI is InChI=1S/C54H64O34/c1-14-30-36(67)34-35(37(68)40(30)86-52-49(80-27(11)64)46(77-24(8)61)41(74-21(5)58)31(83-52)15-71-18(2)55)39(70)45(88-54-51(82-29(13)66)48(79-26(10)63)43(76-23(7)60)33(85-54)17-73-20(4)57)44(38(34)69)87-53-50(81-28(12)65)47(78-25(9)62)42(75-22(6)59)32(84-53)16-72-19(3)56/h31-33,41-43,46-54,69-70H,14-17H2,1-13H3/t31-,32+,33+,41-,42+,43+,46+,47-,48-,49-,50+,51+,52+,53-,54-/m0/s1. The van der Waals surface area contributed by atoms with Gasteiger partial charge >= 0.3 is 71.6 Å². The number of aromatic hydroxyl groups is 2. The SMILES string of the molecule is CCC1=C(O[C@H]2O[C@@H](COC(C)=O)[C@H](OC(C)=O)[C@@H](OC(C)=O)[C@@H]2OC(C)=O)C(=O)c2c(O)c(O[C@@H]3O[C@H](COC(C)=O)[C@@H](OC(C)=O)[C@H](OC(C)=O)[C@H]3OC(C)=O)c(O[C@@H]3O[C@H](COC(C)=O)[C@@H](OC(C)=O)[C@H](OC(C)=O)[C@H]3OC(C)=O)c(O)c2C1=O. The molecule has 3 heterocycles. The fraction of sp³-hybridized carbons (Fsp3) is 0.593. The van der Waals surface area contributed by atoms with Crippen molar-refractivity contribution in [2.45, 2.75) is 189 Å². The number of Topliss-reactive ketones (excluding diaryl/α,β-unsaturated/α-hetero) is 2. The lowest BCUT2D eigenvalue weighted by Crippen LogP contribution is -2.64. The zero-order valence-corrected chi connectivity index (χ0v) is 49.4. The summed E-state index contributed by atoms with van der Waals surface area (Å²) < 4.78 is 101. The van der Waals surface area contributed by atoms with E-state index in [0.717, 1.165) is 83.1 Å². The van der Waals surface area contributed by atoms with E-state index >= 15 is 9.59 Å². The summed E-state index contributed by atoms with van der Waals surface area (Å²) >= 11 is 0. The van der Waals surface area contributed by atoms with E-state index in [1.165, 1.54) is 6.92 Å². The van der Waals surface area contributed by atoms with Crippen molar-refractivity contribution in [3.05, 3.63) is 22.5 Å². The molecular weight excluding hydrogens is 1190 g/mol. The summed E-state index contributed by atoms with van der Waals surface area (Å²) in [7, 11) is 0. The molecule has 0 amide bonds. The smallest absolute Gasteiger partial charge is 0.303 e. The minimum atomic E-state index is -2.42. The van der Waals surface area contributed by atoms with Crippen molar-refractivity contribution in [2.24, 2.45) is 0 Å². The topological polar surface area (TPSA) is 446 Å². The summed E-state index contributed by atoms with van der Waals surface area (Å²) in [6, 6.07) is 0. The van der Waals surface area contributed by atoms with Crippen LogP contribution < -0.4 is 9.47 Å². The molecule has 0 radical (unpaired) electrons. The Morgan fingerprint density at radius 2 is 0.580 bits per heavy atom. The highest BCUT2D eigenvalue weighted by molar-refractivity contribution is 6.29. The first-order chi connectivity index (χ1) is 41.1. The quantitative estimate of drug-likeness (QED) is 0.0887. The van der Waals surface area contributed by atoms with Crippen molar-refractivity contribution in [1.29, 1.82) is 0 Å². The highest BCUT2D eigenvalue weighted by Crippen LogP contribution is 2.54. The molecular formula is C54H64O34. The maximum atomic E-state index is 15.4. The van der Waals surface area contributed by atoms with E-state index in [-0.39, 0.29) is 0 Å². The van der Waals surface area contributed by atoms with Crippen LogP contribution >= 0.6 is 0 Å². The Kier molecular flexibility index (Phi) is 23.7. The second-order valence-electron chi connectivity index (χ2n) is 19.5. The third kappa shape index (κ3) is 17.3. The maximum Gasteiger partial charge on any atom is 0.303 e. The number of carbonyl (C=O) groups is 14. The second-order valence-corrected chi connectivity index (χ2v) is 19.5. The lowest BCUT2D eigenvalue weighted by Gasteiger charge is -2.45. The van der Waals surface area contributed by atoms with Crippen LogP contribution in [-0.2, 0) is 133 Å². The molecule has 88 heavy (non-hydrogen) atoms. The zero-order chi connectivity index (χ0) is 65.9. The van der Waals surface area contributed by atoms with Crippen LogP contribution in [0.2, 0.25) is 0 Å². The number of hydrogen-bond donors (Lipinski definition) is 2. The largest absolute Gasteiger partial charge is 0.504 e. The van der Waals surface area contributed by atoms with Gasteiger partial charge in [0, 0.05) is 88.7 Å². The number of phenolic OH excluding ortho intramolecular Hbond substituents is 2. The van der Waals surface area contributed by atoms with E-state index in [9.17, 15) is 67.7 Å². The van der Waals surface area contributed by atoms with Gasteiger partial charge in [-0.3, -0.25) is 67.1 Å². The predicted octanol–water partition coefficient (Wildman–Crippen LogP) is 0.164. The summed E-state index contributed by atoms with van der Waals surface area (Å²) in [5.74, 6) is -22.7. The van der Waals surface area contributed by atoms with E-state index in [1.807, 2.05) is 0 Å². The Balaban J connectivity index is 1.87.